The van der Waals surface area contributed by atoms with Crippen molar-refractivity contribution in [3.8, 4) is 5.75 Å². The Kier molecular flexibility index (Phi) is 5.60. The van der Waals surface area contributed by atoms with Gasteiger partial charge in [0.25, 0.3) is 0 Å². The van der Waals surface area contributed by atoms with Gasteiger partial charge in [0.2, 0.25) is 0 Å². The van der Waals surface area contributed by atoms with E-state index in [9.17, 15) is 14.7 Å². The van der Waals surface area contributed by atoms with Crippen molar-refractivity contribution in [3.05, 3.63) is 75.6 Å². The van der Waals surface area contributed by atoms with Crippen LogP contribution in [0.15, 0.2) is 57.7 Å². The molecule has 0 aliphatic carbocycles. The first-order valence-electron chi connectivity index (χ1n) is 8.94. The Bertz CT molecular complexity index is 1000. The molecule has 0 fully saturated rings. The number of phenols is 1. The maximum atomic E-state index is 12.4. The van der Waals surface area contributed by atoms with E-state index in [1.807, 2.05) is 19.1 Å². The van der Waals surface area contributed by atoms with Gasteiger partial charge in [-0.3, -0.25) is 4.79 Å². The maximum Gasteiger partial charge on any atom is 0.339 e. The zero-order valence-corrected chi connectivity index (χ0v) is 15.4. The highest BCUT2D eigenvalue weighted by Crippen LogP contribution is 2.20. The highest BCUT2D eigenvalue weighted by atomic mass is 16.5. The Morgan fingerprint density at radius 2 is 1.85 bits per heavy atom. The van der Waals surface area contributed by atoms with E-state index in [-0.39, 0.29) is 24.7 Å². The zero-order valence-electron chi connectivity index (χ0n) is 15.4. The Hall–Kier alpha value is -3.08. The van der Waals surface area contributed by atoms with Crippen LogP contribution in [-0.4, -0.2) is 17.7 Å². The van der Waals surface area contributed by atoms with Gasteiger partial charge >= 0.3 is 11.6 Å². The van der Waals surface area contributed by atoms with Gasteiger partial charge in [0.15, 0.2) is 0 Å². The van der Waals surface area contributed by atoms with Crippen molar-refractivity contribution in [1.29, 1.82) is 0 Å². The van der Waals surface area contributed by atoms with Crippen LogP contribution in [0.4, 0.5) is 0 Å². The van der Waals surface area contributed by atoms with Crippen LogP contribution in [0.1, 0.15) is 23.6 Å². The van der Waals surface area contributed by atoms with Crippen LogP contribution >= 0.6 is 0 Å². The molecular weight excluding hydrogens is 344 g/mol. The number of carbonyl (C=O) groups excluding carboxylic acids is 1. The van der Waals surface area contributed by atoms with Gasteiger partial charge in [0.05, 0.1) is 12.5 Å². The van der Waals surface area contributed by atoms with Crippen molar-refractivity contribution in [2.24, 2.45) is 5.92 Å². The molecule has 1 N–H and O–H groups in total. The predicted molar refractivity (Wildman–Crippen MR) is 103 cm³/mol. The Labute approximate surface area is 157 Å². The first kappa shape index (κ1) is 18.7. The lowest BCUT2D eigenvalue weighted by atomic mass is 9.92. The van der Waals surface area contributed by atoms with Crippen molar-refractivity contribution in [2.75, 3.05) is 6.61 Å². The molecule has 0 radical (unpaired) electrons. The van der Waals surface area contributed by atoms with Gasteiger partial charge in [-0.1, -0.05) is 23.8 Å². The molecule has 1 atom stereocenters. The maximum absolute atomic E-state index is 12.4. The van der Waals surface area contributed by atoms with Crippen molar-refractivity contribution in [1.82, 2.24) is 0 Å². The number of ether oxygens (including phenoxy) is 1. The van der Waals surface area contributed by atoms with Crippen LogP contribution in [0.2, 0.25) is 0 Å². The lowest BCUT2D eigenvalue weighted by Gasteiger charge is -2.15. The summed E-state index contributed by atoms with van der Waals surface area (Å²) >= 11 is 0. The van der Waals surface area contributed by atoms with Gasteiger partial charge in [-0.25, -0.2) is 4.79 Å². The number of rotatable bonds is 6. The van der Waals surface area contributed by atoms with E-state index in [4.69, 9.17) is 9.15 Å². The number of phenolic OH excluding ortho intramolecular Hbond substituents is 1. The van der Waals surface area contributed by atoms with Crippen LogP contribution in [-0.2, 0) is 22.4 Å². The largest absolute Gasteiger partial charge is 0.508 e. The third-order valence-electron chi connectivity index (χ3n) is 4.46. The summed E-state index contributed by atoms with van der Waals surface area (Å²) in [5.74, 6) is -0.703. The van der Waals surface area contributed by atoms with E-state index in [2.05, 4.69) is 0 Å². The monoisotopic (exact) mass is 366 g/mol. The number of fused-ring (bicyclic) bond motifs is 1. The number of hydrogen-bond acceptors (Lipinski definition) is 5. The van der Waals surface area contributed by atoms with E-state index in [0.717, 1.165) is 16.5 Å². The third kappa shape index (κ3) is 4.56. The van der Waals surface area contributed by atoms with Gasteiger partial charge in [-0.2, -0.15) is 0 Å². The van der Waals surface area contributed by atoms with E-state index >= 15 is 0 Å². The smallest absolute Gasteiger partial charge is 0.339 e. The zero-order chi connectivity index (χ0) is 19.4. The number of benzene rings is 2. The van der Waals surface area contributed by atoms with Crippen LogP contribution in [0.3, 0.4) is 0 Å². The van der Waals surface area contributed by atoms with Crippen LogP contribution in [0.25, 0.3) is 11.0 Å². The number of carbonyl (C=O) groups is 1. The summed E-state index contributed by atoms with van der Waals surface area (Å²) < 4.78 is 10.6. The molecular formula is C22H22O5. The number of aromatic hydroxyl groups is 1. The van der Waals surface area contributed by atoms with Gasteiger partial charge in [0.1, 0.15) is 11.3 Å². The summed E-state index contributed by atoms with van der Waals surface area (Å²) in [5.41, 5.74) is 2.48. The number of hydrogen-bond donors (Lipinski definition) is 1. The fourth-order valence-corrected chi connectivity index (χ4v) is 3.11. The summed E-state index contributed by atoms with van der Waals surface area (Å²) in [6.45, 7) is 4.00. The molecule has 3 rings (SSSR count). The average Bonchev–Trinajstić information content (AvgIpc) is 2.64. The molecule has 0 saturated carbocycles. The SMILES string of the molecule is CCOC(=O)C(Cc1ccc(O)cc1)Cc1cc2cc(C)ccc2oc1=O. The normalized spacial score (nSPS) is 12.1. The molecule has 3 aromatic rings. The fourth-order valence-electron chi connectivity index (χ4n) is 3.11. The van der Waals surface area contributed by atoms with Crippen LogP contribution < -0.4 is 5.63 Å². The minimum atomic E-state index is -0.514. The van der Waals surface area contributed by atoms with Crippen LogP contribution in [0, 0.1) is 12.8 Å². The second kappa shape index (κ2) is 8.08. The van der Waals surface area contributed by atoms with E-state index in [1.54, 1.807) is 43.3 Å². The van der Waals surface area contributed by atoms with Crippen molar-refractivity contribution >= 4 is 16.9 Å². The van der Waals surface area contributed by atoms with E-state index < -0.39 is 11.5 Å². The molecule has 1 heterocycles. The number of esters is 1. The summed E-state index contributed by atoms with van der Waals surface area (Å²) in [5, 5.41) is 10.3. The van der Waals surface area contributed by atoms with Gasteiger partial charge in [-0.05, 0) is 62.6 Å². The lowest BCUT2D eigenvalue weighted by molar-refractivity contribution is -0.147. The molecule has 1 aromatic heterocycles. The molecule has 27 heavy (non-hydrogen) atoms. The van der Waals surface area contributed by atoms with E-state index in [0.29, 0.717) is 17.6 Å². The first-order chi connectivity index (χ1) is 13.0. The molecule has 1 unspecified atom stereocenters. The first-order valence-corrected chi connectivity index (χ1v) is 8.94. The summed E-state index contributed by atoms with van der Waals surface area (Å²) in [4.78, 5) is 24.8. The standard InChI is InChI=1S/C22H22O5/c1-3-26-21(24)17(11-15-5-7-19(23)8-6-15)13-18-12-16-10-14(2)4-9-20(16)27-22(18)25/h4-10,12,17,23H,3,11,13H2,1-2H3. The van der Waals surface area contributed by atoms with Gasteiger partial charge < -0.3 is 14.3 Å². The quantitative estimate of drug-likeness (QED) is 0.531. The molecule has 0 bridgehead atoms. The molecule has 0 saturated heterocycles. The van der Waals surface area contributed by atoms with Gasteiger partial charge in [-0.15, -0.1) is 0 Å². The second-order valence-corrected chi connectivity index (χ2v) is 6.62. The molecule has 0 spiro atoms. The minimum absolute atomic E-state index is 0.164. The summed E-state index contributed by atoms with van der Waals surface area (Å²) in [6, 6.07) is 14.1. The molecule has 5 nitrogen and oxygen atoms in total. The predicted octanol–water partition coefficient (Wildman–Crippen LogP) is 3.77. The molecule has 0 amide bonds. The Morgan fingerprint density at radius 1 is 1.11 bits per heavy atom. The second-order valence-electron chi connectivity index (χ2n) is 6.62. The molecule has 0 aliphatic heterocycles. The fraction of sp³-hybridized carbons (Fsp3) is 0.273. The van der Waals surface area contributed by atoms with Crippen molar-refractivity contribution in [3.63, 3.8) is 0 Å². The summed E-state index contributed by atoms with van der Waals surface area (Å²) in [7, 11) is 0. The van der Waals surface area contributed by atoms with Crippen molar-refractivity contribution < 1.29 is 19.1 Å². The summed E-state index contributed by atoms with van der Waals surface area (Å²) in [6.07, 6.45) is 0.635. The third-order valence-corrected chi connectivity index (χ3v) is 4.46. The highest BCUT2D eigenvalue weighted by molar-refractivity contribution is 5.78. The van der Waals surface area contributed by atoms with Crippen molar-refractivity contribution in [2.45, 2.75) is 26.7 Å². The number of aryl methyl sites for hydroxylation is 1. The van der Waals surface area contributed by atoms with Crippen LogP contribution in [0.5, 0.6) is 5.75 Å². The lowest BCUT2D eigenvalue weighted by Crippen LogP contribution is -2.25. The highest BCUT2D eigenvalue weighted by Gasteiger charge is 2.23. The molecule has 5 heteroatoms. The molecule has 140 valence electrons. The Morgan fingerprint density at radius 3 is 2.56 bits per heavy atom. The molecule has 0 aliphatic rings. The topological polar surface area (TPSA) is 76.7 Å². The minimum Gasteiger partial charge on any atom is -0.508 e. The van der Waals surface area contributed by atoms with Gasteiger partial charge in [0, 0.05) is 10.9 Å². The van der Waals surface area contributed by atoms with E-state index in [1.165, 1.54) is 0 Å². The average molecular weight is 366 g/mol. The molecule has 2 aromatic carbocycles. The Balaban J connectivity index is 1.92.